The van der Waals surface area contributed by atoms with E-state index in [1.165, 1.54) is 66.7 Å². The van der Waals surface area contributed by atoms with Gasteiger partial charge in [-0.2, -0.15) is 43.9 Å². The van der Waals surface area contributed by atoms with Crippen molar-refractivity contribution in [2.45, 2.75) is 19.6 Å². The summed E-state index contributed by atoms with van der Waals surface area (Å²) in [5.74, 6) is 0. The quantitative estimate of drug-likeness (QED) is 0.0260. The molecule has 334 valence electrons. The summed E-state index contributed by atoms with van der Waals surface area (Å²) < 4.78 is 133. The zero-order valence-electron chi connectivity index (χ0n) is 32.3. The number of rotatable bonds is 14. The van der Waals surface area contributed by atoms with E-state index < -0.39 is 60.1 Å². The lowest BCUT2D eigenvalue weighted by atomic mass is 10.1. The normalized spacial score (nSPS) is 13.4. The zero-order valence-corrected chi connectivity index (χ0v) is 35.6. The van der Waals surface area contributed by atoms with E-state index >= 15 is 0 Å². The molecule has 0 radical (unpaired) electrons. The molecule has 0 aliphatic rings. The van der Waals surface area contributed by atoms with Gasteiger partial charge in [0.05, 0.1) is 21.2 Å². The van der Waals surface area contributed by atoms with Crippen LogP contribution in [0.5, 0.6) is 0 Å². The fraction of sp³-hybridized carbons (Fsp3) is 0. The monoisotopic (exact) mass is 964 g/mol. The third kappa shape index (κ3) is 12.4. The highest BCUT2D eigenvalue weighted by Crippen LogP contribution is 2.31. The van der Waals surface area contributed by atoms with Crippen molar-refractivity contribution in [3.05, 3.63) is 160 Å². The van der Waals surface area contributed by atoms with Crippen LogP contribution < -0.4 is 0 Å². The molecule has 0 saturated heterocycles. The molecular formula is C38H28N8O15S4. The van der Waals surface area contributed by atoms with E-state index in [9.17, 15) is 58.4 Å². The molecule has 27 heteroatoms. The summed E-state index contributed by atoms with van der Waals surface area (Å²) in [5, 5.41) is 57.1. The molecule has 0 saturated carbocycles. The second kappa shape index (κ2) is 18.7. The Balaban J connectivity index is 1.17. The van der Waals surface area contributed by atoms with Crippen molar-refractivity contribution in [1.29, 1.82) is 0 Å². The topological polar surface area (TPSA) is 357 Å². The van der Waals surface area contributed by atoms with Crippen LogP contribution in [0.4, 0.5) is 45.5 Å². The van der Waals surface area contributed by atoms with E-state index in [0.29, 0.717) is 0 Å². The van der Waals surface area contributed by atoms with E-state index in [1.807, 2.05) is 0 Å². The van der Waals surface area contributed by atoms with E-state index in [2.05, 4.69) is 25.6 Å². The van der Waals surface area contributed by atoms with E-state index in [1.54, 1.807) is 0 Å². The largest absolute Gasteiger partial charge is 0.594 e. The van der Waals surface area contributed by atoms with Gasteiger partial charge >= 0.3 is 0 Å². The maximum atomic E-state index is 12.9. The van der Waals surface area contributed by atoms with Crippen molar-refractivity contribution in [3.8, 4) is 0 Å². The van der Waals surface area contributed by atoms with Crippen molar-refractivity contribution in [2.75, 3.05) is 0 Å². The SMILES string of the molecule is O=S(=O)(O)c1ccc([N+]([O-])=Nc2ccc(N=Nc3ccc(/C=C/c4ccc(N=[N+]([O-])c5ccc(N=[N+]([O-])c6ccc(S(=O)(=O)O)cc6)cc5)cc4S(=O)(=O)O)c(S(=O)(=O)O)c3)cc2)cc1. The predicted octanol–water partition coefficient (Wildman–Crippen LogP) is 9.04. The minimum absolute atomic E-state index is 0.0342. The number of nitrogens with zero attached hydrogens (tertiary/aromatic N) is 8. The fourth-order valence-corrected chi connectivity index (χ4v) is 7.77. The summed E-state index contributed by atoms with van der Waals surface area (Å²) in [6.07, 6.45) is 2.24. The minimum Gasteiger partial charge on any atom is -0.594 e. The Morgan fingerprint density at radius 1 is 0.369 bits per heavy atom. The lowest BCUT2D eigenvalue weighted by Gasteiger charge is -2.06. The zero-order chi connectivity index (χ0) is 47.3. The fourth-order valence-electron chi connectivity index (χ4n) is 5.40. The molecule has 0 unspecified atom stereocenters. The molecule has 23 nitrogen and oxygen atoms in total. The summed E-state index contributed by atoms with van der Waals surface area (Å²) in [6.45, 7) is 0. The van der Waals surface area contributed by atoms with E-state index in [-0.39, 0.29) is 71.2 Å². The van der Waals surface area contributed by atoms with Crippen LogP contribution in [0.15, 0.2) is 179 Å². The van der Waals surface area contributed by atoms with Crippen LogP contribution in [0.3, 0.4) is 0 Å². The average molecular weight is 965 g/mol. The second-order valence-electron chi connectivity index (χ2n) is 13.0. The molecule has 0 spiro atoms. The van der Waals surface area contributed by atoms with Gasteiger partial charge in [-0.1, -0.05) is 38.9 Å². The minimum atomic E-state index is -4.98. The molecule has 0 heterocycles. The smallest absolute Gasteiger partial charge is 0.295 e. The lowest BCUT2D eigenvalue weighted by Crippen LogP contribution is -2.02. The molecule has 6 rings (SSSR count). The summed E-state index contributed by atoms with van der Waals surface area (Å²) in [5.41, 5.74) is -0.350. The van der Waals surface area contributed by atoms with Crippen molar-refractivity contribution >= 4 is 98.1 Å². The van der Waals surface area contributed by atoms with Crippen LogP contribution in [-0.4, -0.2) is 66.5 Å². The van der Waals surface area contributed by atoms with Gasteiger partial charge in [0.2, 0.25) is 17.1 Å². The molecule has 4 N–H and O–H groups in total. The Kier molecular flexibility index (Phi) is 13.5. The molecule has 0 atom stereocenters. The maximum absolute atomic E-state index is 12.9. The van der Waals surface area contributed by atoms with Crippen LogP contribution in [0, 0.1) is 15.6 Å². The highest BCUT2D eigenvalue weighted by molar-refractivity contribution is 7.86. The molecule has 0 aliphatic carbocycles. The maximum Gasteiger partial charge on any atom is 0.295 e. The molecule has 0 fully saturated rings. The Labute approximate surface area is 368 Å². The molecule has 0 aromatic heterocycles. The summed E-state index contributed by atoms with van der Waals surface area (Å²) in [6, 6.07) is 25.9. The predicted molar refractivity (Wildman–Crippen MR) is 227 cm³/mol. The van der Waals surface area contributed by atoms with Crippen molar-refractivity contribution in [1.82, 2.24) is 0 Å². The van der Waals surface area contributed by atoms with Gasteiger partial charge in [-0.3, -0.25) is 18.2 Å². The highest BCUT2D eigenvalue weighted by Gasteiger charge is 2.19. The first-order valence-electron chi connectivity index (χ1n) is 17.7. The third-order valence-corrected chi connectivity index (χ3v) is 12.1. The van der Waals surface area contributed by atoms with Gasteiger partial charge in [-0.25, -0.2) is 0 Å². The molecule has 6 aromatic rings. The Hall–Kier alpha value is -7.50. The van der Waals surface area contributed by atoms with Gasteiger partial charge in [0.1, 0.15) is 26.9 Å². The summed E-state index contributed by atoms with van der Waals surface area (Å²) in [7, 11) is -18.8. The van der Waals surface area contributed by atoms with Crippen molar-refractivity contribution in [2.24, 2.45) is 25.6 Å². The van der Waals surface area contributed by atoms with Crippen LogP contribution in [0.2, 0.25) is 0 Å². The van der Waals surface area contributed by atoms with Crippen LogP contribution in [0.25, 0.3) is 12.2 Å². The van der Waals surface area contributed by atoms with Crippen molar-refractivity contribution < 1.29 is 66.5 Å². The Morgan fingerprint density at radius 2 is 0.662 bits per heavy atom. The molecule has 0 amide bonds. The number of benzene rings is 6. The van der Waals surface area contributed by atoms with Gasteiger partial charge in [0.25, 0.3) is 40.5 Å². The van der Waals surface area contributed by atoms with Gasteiger partial charge in [-0.15, -0.1) is 0 Å². The number of hydrogen-bond donors (Lipinski definition) is 4. The van der Waals surface area contributed by atoms with Gasteiger partial charge in [0.15, 0.2) is 0 Å². The van der Waals surface area contributed by atoms with E-state index in [4.69, 9.17) is 9.11 Å². The average Bonchev–Trinajstić information content (AvgIpc) is 3.25. The summed E-state index contributed by atoms with van der Waals surface area (Å²) in [4.78, 5) is -1.74. The number of azo groups is 4. The first kappa shape index (κ1) is 47.0. The Morgan fingerprint density at radius 3 is 1.05 bits per heavy atom. The van der Waals surface area contributed by atoms with Gasteiger partial charge < -0.3 is 15.6 Å². The molecule has 6 aromatic carbocycles. The lowest BCUT2D eigenvalue weighted by molar-refractivity contribution is -0.436. The molecule has 65 heavy (non-hydrogen) atoms. The summed E-state index contributed by atoms with van der Waals surface area (Å²) >= 11 is 0. The van der Waals surface area contributed by atoms with Crippen LogP contribution >= 0.6 is 0 Å². The molecule has 0 bridgehead atoms. The third-order valence-electron chi connectivity index (χ3n) is 8.52. The van der Waals surface area contributed by atoms with Gasteiger partial charge in [-0.05, 0) is 96.1 Å². The van der Waals surface area contributed by atoms with Crippen LogP contribution in [-0.2, 0) is 40.5 Å². The standard InChI is InChI=1S/C38H28N8O15S4/c47-44(33-15-19-35(20-16-33)62(50,51)52)41-28-9-7-27(8-10-28)39-40-30-5-3-25(37(23-30)64(56,57)58)1-2-26-4-6-31(24-38(26)65(59,60)61)43-46(49)32-13-11-29(12-14-32)42-45(48)34-17-21-36(22-18-34)63(53,54)55/h1-24H,(H,50,51,52)(H,53,54,55)(H,56,57,58)(H,59,60,61)/b2-1+,40-39?,44-41?,45-42?,46-43?. The first-order valence-corrected chi connectivity index (χ1v) is 23.4. The van der Waals surface area contributed by atoms with Crippen molar-refractivity contribution in [3.63, 3.8) is 0 Å². The second-order valence-corrected chi connectivity index (χ2v) is 18.6. The van der Waals surface area contributed by atoms with Gasteiger partial charge in [0, 0.05) is 51.7 Å². The molecule has 0 aliphatic heterocycles. The Bertz CT molecular complexity index is 3420. The van der Waals surface area contributed by atoms with E-state index in [0.717, 1.165) is 78.9 Å². The first-order chi connectivity index (χ1) is 30.4. The highest BCUT2D eigenvalue weighted by atomic mass is 32.2. The molecular weight excluding hydrogens is 937 g/mol. The van der Waals surface area contributed by atoms with Crippen LogP contribution in [0.1, 0.15) is 11.1 Å². The number of hydrogen-bond acceptors (Lipinski definition) is 16.